The summed E-state index contributed by atoms with van der Waals surface area (Å²) in [5.41, 5.74) is 1.06. The third-order valence-corrected chi connectivity index (χ3v) is 6.69. The van der Waals surface area contributed by atoms with Gasteiger partial charge >= 0.3 is 5.97 Å². The van der Waals surface area contributed by atoms with E-state index < -0.39 is 34.3 Å². The minimum absolute atomic E-state index is 0.00174. The summed E-state index contributed by atoms with van der Waals surface area (Å²) in [6, 6.07) is 19.8. The number of ether oxygens (including phenoxy) is 1. The fourth-order valence-electron chi connectivity index (χ4n) is 3.04. The first-order valence-corrected chi connectivity index (χ1v) is 11.4. The lowest BCUT2D eigenvalue weighted by Crippen LogP contribution is -2.31. The van der Waals surface area contributed by atoms with Gasteiger partial charge < -0.3 is 9.64 Å². The van der Waals surface area contributed by atoms with E-state index in [1.807, 2.05) is 0 Å². The highest BCUT2D eigenvalue weighted by Crippen LogP contribution is 2.22. The van der Waals surface area contributed by atoms with E-state index in [1.54, 1.807) is 42.5 Å². The molecule has 33 heavy (non-hydrogen) atoms. The molecule has 0 unspecified atom stereocenters. The number of nitrogens with zero attached hydrogens (tertiary/aromatic N) is 2. The fourth-order valence-corrected chi connectivity index (χ4v) is 4.28. The van der Waals surface area contributed by atoms with Crippen molar-refractivity contribution in [2.75, 3.05) is 25.0 Å². The Hall–Kier alpha value is -3.72. The highest BCUT2D eigenvalue weighted by Gasteiger charge is 2.23. The molecule has 9 heteroatoms. The molecule has 0 saturated heterocycles. The smallest absolute Gasteiger partial charge is 0.338 e. The van der Waals surface area contributed by atoms with E-state index in [1.165, 1.54) is 55.4 Å². The van der Waals surface area contributed by atoms with Gasteiger partial charge in [0.2, 0.25) is 0 Å². The molecule has 3 rings (SSSR count). The summed E-state index contributed by atoms with van der Waals surface area (Å²) in [7, 11) is -0.984. The standard InChI is InChI=1S/C24H23FN2O5S/c1-26(16-18-8-6-10-20(25)14-18)23(28)17-32-24(29)19-9-7-13-22(15-19)33(30,31)27(2)21-11-4-3-5-12-21/h3-15H,16-17H2,1-2H3. The molecule has 0 aromatic heterocycles. The Kier molecular flexibility index (Phi) is 7.44. The number of halogens is 1. The second-order valence-electron chi connectivity index (χ2n) is 7.29. The largest absolute Gasteiger partial charge is 0.452 e. The Balaban J connectivity index is 1.65. The molecule has 0 fully saturated rings. The molecule has 0 aliphatic rings. The molecule has 0 aliphatic heterocycles. The molecule has 3 aromatic rings. The zero-order valence-corrected chi connectivity index (χ0v) is 19.0. The van der Waals surface area contributed by atoms with Crippen molar-refractivity contribution in [1.29, 1.82) is 0 Å². The first-order valence-electron chi connectivity index (χ1n) is 9.98. The quantitative estimate of drug-likeness (QED) is 0.471. The number of hydrogen-bond donors (Lipinski definition) is 0. The van der Waals surface area contributed by atoms with E-state index in [0.29, 0.717) is 11.3 Å². The molecule has 0 aliphatic carbocycles. The number of amides is 1. The van der Waals surface area contributed by atoms with E-state index in [0.717, 1.165) is 4.31 Å². The van der Waals surface area contributed by atoms with Gasteiger partial charge in [-0.1, -0.05) is 36.4 Å². The maximum Gasteiger partial charge on any atom is 0.338 e. The number of esters is 1. The van der Waals surface area contributed by atoms with Gasteiger partial charge in [-0.25, -0.2) is 17.6 Å². The number of para-hydroxylation sites is 1. The van der Waals surface area contributed by atoms with Crippen LogP contribution in [-0.2, 0) is 26.1 Å². The number of benzene rings is 3. The first kappa shape index (κ1) is 23.9. The summed E-state index contributed by atoms with van der Waals surface area (Å²) < 4.78 is 45.4. The number of anilines is 1. The molecule has 0 atom stereocenters. The number of carbonyl (C=O) groups excluding carboxylic acids is 2. The SMILES string of the molecule is CN(Cc1cccc(F)c1)C(=O)COC(=O)c1cccc(S(=O)(=O)N(C)c2ccccc2)c1. The molecule has 1 amide bonds. The van der Waals surface area contributed by atoms with Crippen molar-refractivity contribution in [3.8, 4) is 0 Å². The van der Waals surface area contributed by atoms with E-state index in [9.17, 15) is 22.4 Å². The van der Waals surface area contributed by atoms with Gasteiger partial charge in [0.15, 0.2) is 6.61 Å². The number of likely N-dealkylation sites (N-methyl/N-ethyl adjacent to an activating group) is 1. The lowest BCUT2D eigenvalue weighted by molar-refractivity contribution is -0.133. The summed E-state index contributed by atoms with van der Waals surface area (Å²) >= 11 is 0. The van der Waals surface area contributed by atoms with Crippen LogP contribution in [-0.4, -0.2) is 45.9 Å². The Morgan fingerprint density at radius 2 is 1.61 bits per heavy atom. The molecule has 0 saturated carbocycles. The van der Waals surface area contributed by atoms with Crippen LogP contribution >= 0.6 is 0 Å². The van der Waals surface area contributed by atoms with Gasteiger partial charge in [-0.15, -0.1) is 0 Å². The molecule has 0 bridgehead atoms. The molecular weight excluding hydrogens is 447 g/mol. The molecule has 0 heterocycles. The van der Waals surface area contributed by atoms with Crippen molar-refractivity contribution >= 4 is 27.6 Å². The van der Waals surface area contributed by atoms with Gasteiger partial charge in [-0.2, -0.15) is 0 Å². The zero-order valence-electron chi connectivity index (χ0n) is 18.1. The number of rotatable bonds is 8. The van der Waals surface area contributed by atoms with Gasteiger partial charge in [0, 0.05) is 20.6 Å². The van der Waals surface area contributed by atoms with Crippen molar-refractivity contribution in [1.82, 2.24) is 4.90 Å². The minimum Gasteiger partial charge on any atom is -0.452 e. The lowest BCUT2D eigenvalue weighted by atomic mass is 10.2. The van der Waals surface area contributed by atoms with Crippen LogP contribution in [0.15, 0.2) is 83.8 Å². The van der Waals surface area contributed by atoms with E-state index >= 15 is 0 Å². The van der Waals surface area contributed by atoms with Crippen molar-refractivity contribution in [2.45, 2.75) is 11.4 Å². The normalized spacial score (nSPS) is 11.0. The predicted octanol–water partition coefficient (Wildman–Crippen LogP) is 3.47. The summed E-state index contributed by atoms with van der Waals surface area (Å²) in [6.45, 7) is -0.390. The maximum atomic E-state index is 13.3. The summed E-state index contributed by atoms with van der Waals surface area (Å²) in [5.74, 6) is -1.73. The van der Waals surface area contributed by atoms with E-state index in [-0.39, 0.29) is 17.0 Å². The minimum atomic E-state index is -3.91. The third kappa shape index (κ3) is 5.95. The van der Waals surface area contributed by atoms with Crippen LogP contribution < -0.4 is 4.31 Å². The average molecular weight is 471 g/mol. The van der Waals surface area contributed by atoms with Crippen LogP contribution in [0.25, 0.3) is 0 Å². The third-order valence-electron chi connectivity index (χ3n) is 4.91. The fraction of sp³-hybridized carbons (Fsp3) is 0.167. The molecular formula is C24H23FN2O5S. The number of sulfonamides is 1. The van der Waals surface area contributed by atoms with Crippen molar-refractivity contribution < 1.29 is 27.1 Å². The maximum absolute atomic E-state index is 13.3. The predicted molar refractivity (Wildman–Crippen MR) is 122 cm³/mol. The van der Waals surface area contributed by atoms with Gasteiger partial charge in [0.25, 0.3) is 15.9 Å². The Morgan fingerprint density at radius 3 is 2.30 bits per heavy atom. The van der Waals surface area contributed by atoms with Crippen LogP contribution in [0.3, 0.4) is 0 Å². The van der Waals surface area contributed by atoms with Gasteiger partial charge in [-0.05, 0) is 48.0 Å². The zero-order chi connectivity index (χ0) is 24.0. The molecule has 3 aromatic carbocycles. The average Bonchev–Trinajstić information content (AvgIpc) is 2.82. The Morgan fingerprint density at radius 1 is 0.909 bits per heavy atom. The molecule has 0 spiro atoms. The molecule has 0 N–H and O–H groups in total. The highest BCUT2D eigenvalue weighted by atomic mass is 32.2. The summed E-state index contributed by atoms with van der Waals surface area (Å²) in [4.78, 5) is 26.0. The van der Waals surface area contributed by atoms with Crippen LogP contribution in [0.5, 0.6) is 0 Å². The number of hydrogen-bond acceptors (Lipinski definition) is 5. The van der Waals surface area contributed by atoms with Crippen molar-refractivity contribution in [3.05, 3.63) is 95.8 Å². The highest BCUT2D eigenvalue weighted by molar-refractivity contribution is 7.92. The number of carbonyl (C=O) groups is 2. The molecule has 172 valence electrons. The summed E-state index contributed by atoms with van der Waals surface area (Å²) in [6.07, 6.45) is 0. The lowest BCUT2D eigenvalue weighted by Gasteiger charge is -2.20. The monoisotopic (exact) mass is 470 g/mol. The van der Waals surface area contributed by atoms with Crippen LogP contribution in [0.1, 0.15) is 15.9 Å². The first-order chi connectivity index (χ1) is 15.7. The van der Waals surface area contributed by atoms with E-state index in [4.69, 9.17) is 4.74 Å². The van der Waals surface area contributed by atoms with Crippen LogP contribution in [0.4, 0.5) is 10.1 Å². The molecule has 7 nitrogen and oxygen atoms in total. The summed E-state index contributed by atoms with van der Waals surface area (Å²) in [5, 5.41) is 0. The van der Waals surface area contributed by atoms with Gasteiger partial charge in [-0.3, -0.25) is 9.10 Å². The molecule has 0 radical (unpaired) electrons. The topological polar surface area (TPSA) is 84.0 Å². The Bertz CT molecular complexity index is 1250. The van der Waals surface area contributed by atoms with Crippen LogP contribution in [0, 0.1) is 5.82 Å². The van der Waals surface area contributed by atoms with Gasteiger partial charge in [0.1, 0.15) is 5.82 Å². The second-order valence-corrected chi connectivity index (χ2v) is 9.26. The van der Waals surface area contributed by atoms with E-state index in [2.05, 4.69) is 0 Å². The van der Waals surface area contributed by atoms with Crippen molar-refractivity contribution in [2.24, 2.45) is 0 Å². The van der Waals surface area contributed by atoms with Gasteiger partial charge in [0.05, 0.1) is 16.1 Å². The van der Waals surface area contributed by atoms with Crippen molar-refractivity contribution in [3.63, 3.8) is 0 Å². The Labute approximate surface area is 192 Å². The van der Waals surface area contributed by atoms with Crippen LogP contribution in [0.2, 0.25) is 0 Å². The second kappa shape index (κ2) is 10.3.